The van der Waals surface area contributed by atoms with Gasteiger partial charge in [0, 0.05) is 25.7 Å². The van der Waals surface area contributed by atoms with E-state index in [1.165, 1.54) is 0 Å². The van der Waals surface area contributed by atoms with Crippen molar-refractivity contribution >= 4 is 0 Å². The summed E-state index contributed by atoms with van der Waals surface area (Å²) >= 11 is 0. The summed E-state index contributed by atoms with van der Waals surface area (Å²) in [5.41, 5.74) is 6.10. The van der Waals surface area contributed by atoms with E-state index in [2.05, 4.69) is 44.7 Å². The van der Waals surface area contributed by atoms with Crippen molar-refractivity contribution in [2.75, 3.05) is 40.3 Å². The molecule has 1 aliphatic heterocycles. The Morgan fingerprint density at radius 2 is 2.12 bits per heavy atom. The molecule has 0 aromatic heterocycles. The van der Waals surface area contributed by atoms with Crippen molar-refractivity contribution in [3.05, 3.63) is 0 Å². The molecular weight excluding hydrogens is 214 g/mol. The summed E-state index contributed by atoms with van der Waals surface area (Å²) in [4.78, 5) is 4.77. The fourth-order valence-electron chi connectivity index (χ4n) is 3.23. The minimum atomic E-state index is 0.0319. The highest BCUT2D eigenvalue weighted by Gasteiger charge is 2.46. The van der Waals surface area contributed by atoms with Gasteiger partial charge in [-0.2, -0.15) is 0 Å². The van der Waals surface area contributed by atoms with Gasteiger partial charge in [-0.15, -0.1) is 0 Å². The fourth-order valence-corrected chi connectivity index (χ4v) is 3.23. The van der Waals surface area contributed by atoms with Gasteiger partial charge in [-0.1, -0.05) is 6.92 Å². The summed E-state index contributed by atoms with van der Waals surface area (Å²) in [6.07, 6.45) is 1.29. The van der Waals surface area contributed by atoms with Crippen molar-refractivity contribution in [1.82, 2.24) is 9.80 Å². The van der Waals surface area contributed by atoms with Crippen LogP contribution in [0.3, 0.4) is 0 Å². The Labute approximate surface area is 106 Å². The Morgan fingerprint density at radius 1 is 1.47 bits per heavy atom. The monoisotopic (exact) mass is 243 g/mol. The average Bonchev–Trinajstić information content (AvgIpc) is 2.61. The Kier molecular flexibility index (Phi) is 5.38. The highest BCUT2D eigenvalue weighted by atomic mass is 16.5. The topological polar surface area (TPSA) is 41.7 Å². The summed E-state index contributed by atoms with van der Waals surface area (Å²) in [6, 6.07) is 0.502. The van der Waals surface area contributed by atoms with E-state index in [0.29, 0.717) is 12.6 Å². The molecule has 1 fully saturated rings. The van der Waals surface area contributed by atoms with Crippen LogP contribution in [0.2, 0.25) is 0 Å². The Hall–Kier alpha value is -0.160. The molecule has 1 aliphatic rings. The smallest absolute Gasteiger partial charge is 0.0743 e. The van der Waals surface area contributed by atoms with Gasteiger partial charge in [-0.3, -0.25) is 4.90 Å². The minimum absolute atomic E-state index is 0.0319. The highest BCUT2D eigenvalue weighted by Crippen LogP contribution is 2.32. The first-order valence-electron chi connectivity index (χ1n) is 6.71. The molecule has 0 aromatic rings. The largest absolute Gasteiger partial charge is 0.376 e. The first-order valence-corrected chi connectivity index (χ1v) is 6.71. The zero-order chi connectivity index (χ0) is 13.1. The van der Waals surface area contributed by atoms with Crippen molar-refractivity contribution in [2.24, 2.45) is 5.73 Å². The van der Waals surface area contributed by atoms with Crippen molar-refractivity contribution in [3.8, 4) is 0 Å². The molecule has 0 bridgehead atoms. The van der Waals surface area contributed by atoms with Crippen LogP contribution in [0.15, 0.2) is 0 Å². The van der Waals surface area contributed by atoms with Crippen LogP contribution in [-0.2, 0) is 4.74 Å². The van der Waals surface area contributed by atoms with E-state index in [1.54, 1.807) is 0 Å². The molecule has 1 saturated heterocycles. The van der Waals surface area contributed by atoms with Crippen molar-refractivity contribution in [3.63, 3.8) is 0 Å². The van der Waals surface area contributed by atoms with Crippen LogP contribution < -0.4 is 5.73 Å². The van der Waals surface area contributed by atoms with E-state index in [1.807, 2.05) is 0 Å². The standard InChI is InChI=1S/C13H29N3O/c1-6-16(11(2)9-15(4)5)13(10-14)7-8-17-12(13)3/h11-12H,6-10,14H2,1-5H3. The molecule has 2 N–H and O–H groups in total. The predicted octanol–water partition coefficient (Wildman–Crippen LogP) is 0.765. The zero-order valence-electron chi connectivity index (χ0n) is 12.1. The Morgan fingerprint density at radius 3 is 2.47 bits per heavy atom. The van der Waals surface area contributed by atoms with E-state index in [-0.39, 0.29) is 11.6 Å². The molecule has 17 heavy (non-hydrogen) atoms. The SMILES string of the molecule is CCN(C(C)CN(C)C)C1(CN)CCOC1C. The maximum atomic E-state index is 6.07. The van der Waals surface area contributed by atoms with Crippen LogP contribution >= 0.6 is 0 Å². The van der Waals surface area contributed by atoms with Crippen molar-refractivity contribution in [2.45, 2.75) is 44.9 Å². The van der Waals surface area contributed by atoms with E-state index < -0.39 is 0 Å². The average molecular weight is 243 g/mol. The van der Waals surface area contributed by atoms with E-state index in [4.69, 9.17) is 10.5 Å². The molecule has 0 aromatic carbocycles. The zero-order valence-corrected chi connectivity index (χ0v) is 12.1. The predicted molar refractivity (Wildman–Crippen MR) is 72.2 cm³/mol. The van der Waals surface area contributed by atoms with Gasteiger partial charge < -0.3 is 15.4 Å². The molecule has 0 saturated carbocycles. The molecular formula is C13H29N3O. The quantitative estimate of drug-likeness (QED) is 0.748. The highest BCUT2D eigenvalue weighted by molar-refractivity contribution is 5.02. The minimum Gasteiger partial charge on any atom is -0.376 e. The van der Waals surface area contributed by atoms with Gasteiger partial charge in [0.1, 0.15) is 0 Å². The maximum absolute atomic E-state index is 6.07. The summed E-state index contributed by atoms with van der Waals surface area (Å²) in [7, 11) is 4.24. The Bertz CT molecular complexity index is 235. The second-order valence-corrected chi connectivity index (χ2v) is 5.47. The molecule has 3 unspecified atom stereocenters. The first kappa shape index (κ1) is 14.9. The maximum Gasteiger partial charge on any atom is 0.0743 e. The van der Waals surface area contributed by atoms with Crippen LogP contribution in [0.5, 0.6) is 0 Å². The van der Waals surface area contributed by atoms with Crippen LogP contribution in [0.4, 0.5) is 0 Å². The summed E-state index contributed by atoms with van der Waals surface area (Å²) in [5.74, 6) is 0. The molecule has 0 amide bonds. The van der Waals surface area contributed by atoms with Crippen molar-refractivity contribution in [1.29, 1.82) is 0 Å². The molecule has 0 spiro atoms. The number of nitrogens with zero attached hydrogens (tertiary/aromatic N) is 2. The van der Waals surface area contributed by atoms with Crippen LogP contribution in [-0.4, -0.2) is 67.8 Å². The van der Waals surface area contributed by atoms with E-state index in [9.17, 15) is 0 Å². The molecule has 4 nitrogen and oxygen atoms in total. The van der Waals surface area contributed by atoms with Gasteiger partial charge >= 0.3 is 0 Å². The Balaban J connectivity index is 2.83. The first-order chi connectivity index (χ1) is 7.97. The van der Waals surface area contributed by atoms with Gasteiger partial charge in [0.05, 0.1) is 11.6 Å². The van der Waals surface area contributed by atoms with Gasteiger partial charge in [0.2, 0.25) is 0 Å². The number of hydrogen-bond donors (Lipinski definition) is 1. The third-order valence-electron chi connectivity index (χ3n) is 4.09. The molecule has 1 rings (SSSR count). The molecule has 0 radical (unpaired) electrons. The summed E-state index contributed by atoms with van der Waals surface area (Å²) in [5, 5.41) is 0. The van der Waals surface area contributed by atoms with E-state index in [0.717, 1.165) is 26.1 Å². The van der Waals surface area contributed by atoms with Gasteiger partial charge in [-0.05, 0) is 40.9 Å². The number of ether oxygens (including phenoxy) is 1. The second kappa shape index (κ2) is 6.14. The lowest BCUT2D eigenvalue weighted by atomic mass is 9.88. The number of hydrogen-bond acceptors (Lipinski definition) is 4. The second-order valence-electron chi connectivity index (χ2n) is 5.47. The summed E-state index contributed by atoms with van der Waals surface area (Å²) in [6.45, 7) is 10.3. The lowest BCUT2D eigenvalue weighted by Gasteiger charge is -2.46. The fraction of sp³-hybridized carbons (Fsp3) is 1.00. The van der Waals surface area contributed by atoms with Gasteiger partial charge in [0.25, 0.3) is 0 Å². The normalized spacial score (nSPS) is 31.4. The molecule has 3 atom stereocenters. The lowest BCUT2D eigenvalue weighted by molar-refractivity contribution is -0.00852. The molecule has 0 aliphatic carbocycles. The summed E-state index contributed by atoms with van der Waals surface area (Å²) < 4.78 is 5.76. The number of rotatable bonds is 6. The molecule has 4 heteroatoms. The van der Waals surface area contributed by atoms with E-state index >= 15 is 0 Å². The van der Waals surface area contributed by atoms with Crippen molar-refractivity contribution < 1.29 is 4.74 Å². The van der Waals surface area contributed by atoms with Crippen LogP contribution in [0.25, 0.3) is 0 Å². The third-order valence-corrected chi connectivity index (χ3v) is 4.09. The third kappa shape index (κ3) is 2.99. The van der Waals surface area contributed by atoms with Gasteiger partial charge in [0.15, 0.2) is 0 Å². The molecule has 1 heterocycles. The molecule has 102 valence electrons. The number of likely N-dealkylation sites (N-methyl/N-ethyl adjacent to an activating group) is 2. The van der Waals surface area contributed by atoms with Gasteiger partial charge in [-0.25, -0.2) is 0 Å². The van der Waals surface area contributed by atoms with Crippen LogP contribution in [0.1, 0.15) is 27.2 Å². The number of nitrogens with two attached hydrogens (primary N) is 1. The lowest BCUT2D eigenvalue weighted by Crippen LogP contribution is -2.62. The van der Waals surface area contributed by atoms with Crippen LogP contribution in [0, 0.1) is 0 Å².